The average molecular weight is 347 g/mol. The van der Waals surface area contributed by atoms with Gasteiger partial charge in [0.1, 0.15) is 6.54 Å². The van der Waals surface area contributed by atoms with E-state index in [-0.39, 0.29) is 18.4 Å². The Hall–Kier alpha value is -3.13. The summed E-state index contributed by atoms with van der Waals surface area (Å²) in [5, 5.41) is 9.10. The number of likely N-dealkylation sites (tertiary alicyclic amines) is 1. The van der Waals surface area contributed by atoms with E-state index in [9.17, 15) is 9.59 Å². The fourth-order valence-corrected chi connectivity index (χ4v) is 3.17. The van der Waals surface area contributed by atoms with Gasteiger partial charge in [-0.25, -0.2) is 0 Å². The van der Waals surface area contributed by atoms with Crippen LogP contribution in [0.5, 0.6) is 0 Å². The van der Waals surface area contributed by atoms with Crippen LogP contribution >= 0.6 is 0 Å². The van der Waals surface area contributed by atoms with Gasteiger partial charge in [-0.3, -0.25) is 9.59 Å². The second-order valence-corrected chi connectivity index (χ2v) is 6.42. The molecule has 0 spiro atoms. The topological polar surface area (TPSA) is 64.4 Å². The molecule has 0 aliphatic carbocycles. The van der Waals surface area contributed by atoms with Gasteiger partial charge >= 0.3 is 0 Å². The Morgan fingerprint density at radius 3 is 2.58 bits per heavy atom. The zero-order valence-corrected chi connectivity index (χ0v) is 14.6. The van der Waals surface area contributed by atoms with Crippen molar-refractivity contribution in [2.75, 3.05) is 13.1 Å². The van der Waals surface area contributed by atoms with Crippen LogP contribution in [0.3, 0.4) is 0 Å². The molecule has 5 nitrogen and oxygen atoms in total. The van der Waals surface area contributed by atoms with E-state index in [2.05, 4.69) is 6.07 Å². The van der Waals surface area contributed by atoms with Crippen LogP contribution in [0.15, 0.2) is 54.6 Å². The summed E-state index contributed by atoms with van der Waals surface area (Å²) in [6.45, 7) is 1.72. The summed E-state index contributed by atoms with van der Waals surface area (Å²) in [7, 11) is 0. The van der Waals surface area contributed by atoms with Crippen LogP contribution in [0.1, 0.15) is 34.3 Å². The largest absolute Gasteiger partial charge is 0.338 e. The molecule has 26 heavy (non-hydrogen) atoms. The molecule has 2 aromatic rings. The van der Waals surface area contributed by atoms with Crippen molar-refractivity contribution in [3.05, 3.63) is 71.3 Å². The third-order valence-corrected chi connectivity index (χ3v) is 4.48. The normalized spacial score (nSPS) is 13.5. The molecule has 2 aromatic carbocycles. The molecule has 0 N–H and O–H groups in total. The van der Waals surface area contributed by atoms with Crippen molar-refractivity contribution in [2.45, 2.75) is 25.9 Å². The number of benzene rings is 2. The molecule has 1 fully saturated rings. The van der Waals surface area contributed by atoms with Crippen LogP contribution < -0.4 is 0 Å². The molecule has 0 radical (unpaired) electrons. The first kappa shape index (κ1) is 17.7. The van der Waals surface area contributed by atoms with Gasteiger partial charge < -0.3 is 9.80 Å². The van der Waals surface area contributed by atoms with E-state index in [1.54, 1.807) is 6.07 Å². The quantitative estimate of drug-likeness (QED) is 0.755. The minimum Gasteiger partial charge on any atom is -0.338 e. The molecule has 1 aliphatic heterocycles. The third kappa shape index (κ3) is 4.28. The maximum absolute atomic E-state index is 12.9. The van der Waals surface area contributed by atoms with E-state index in [1.807, 2.05) is 53.4 Å². The van der Waals surface area contributed by atoms with Crippen LogP contribution in [-0.2, 0) is 17.9 Å². The van der Waals surface area contributed by atoms with E-state index in [1.165, 1.54) is 4.90 Å². The number of nitrogens with zero attached hydrogens (tertiary/aromatic N) is 3. The van der Waals surface area contributed by atoms with Crippen LogP contribution in [0.2, 0.25) is 0 Å². The Bertz CT molecular complexity index is 827. The lowest BCUT2D eigenvalue weighted by atomic mass is 10.1. The molecule has 2 amide bonds. The van der Waals surface area contributed by atoms with Crippen LogP contribution in [0.4, 0.5) is 0 Å². The molecular formula is C21H21N3O2. The zero-order chi connectivity index (χ0) is 18.4. The van der Waals surface area contributed by atoms with Crippen molar-refractivity contribution in [2.24, 2.45) is 0 Å². The number of hydrogen-bond acceptors (Lipinski definition) is 3. The molecular weight excluding hydrogens is 326 g/mol. The Morgan fingerprint density at radius 2 is 1.88 bits per heavy atom. The fraction of sp³-hybridized carbons (Fsp3) is 0.286. The van der Waals surface area contributed by atoms with E-state index in [0.29, 0.717) is 25.1 Å². The molecule has 0 unspecified atom stereocenters. The summed E-state index contributed by atoms with van der Waals surface area (Å²) in [4.78, 5) is 28.1. The SMILES string of the molecule is N#CCN(Cc1ccccc1)C(=O)c1cccc(CN2CCCC2=O)c1. The summed E-state index contributed by atoms with van der Waals surface area (Å²) >= 11 is 0. The number of amides is 2. The third-order valence-electron chi connectivity index (χ3n) is 4.48. The van der Waals surface area contributed by atoms with Gasteiger partial charge in [-0.1, -0.05) is 42.5 Å². The van der Waals surface area contributed by atoms with Crippen molar-refractivity contribution in [3.8, 4) is 6.07 Å². The lowest BCUT2D eigenvalue weighted by molar-refractivity contribution is -0.128. The van der Waals surface area contributed by atoms with Crippen molar-refractivity contribution in [1.82, 2.24) is 9.80 Å². The molecule has 0 aromatic heterocycles. The zero-order valence-electron chi connectivity index (χ0n) is 14.6. The summed E-state index contributed by atoms with van der Waals surface area (Å²) in [6.07, 6.45) is 1.50. The standard InChI is InChI=1S/C21H21N3O2/c22-11-13-24(15-17-6-2-1-3-7-17)21(26)19-9-4-8-18(14-19)16-23-12-5-10-20(23)25/h1-4,6-9,14H,5,10,12-13,15-16H2. The number of nitriles is 1. The highest BCUT2D eigenvalue weighted by Crippen LogP contribution is 2.17. The van der Waals surface area contributed by atoms with Gasteiger partial charge in [0.15, 0.2) is 0 Å². The molecule has 1 heterocycles. The number of carbonyl (C=O) groups excluding carboxylic acids is 2. The summed E-state index contributed by atoms with van der Waals surface area (Å²) in [5.41, 5.74) is 2.46. The summed E-state index contributed by atoms with van der Waals surface area (Å²) < 4.78 is 0. The Morgan fingerprint density at radius 1 is 1.12 bits per heavy atom. The Balaban J connectivity index is 1.75. The average Bonchev–Trinajstić information content (AvgIpc) is 3.06. The lowest BCUT2D eigenvalue weighted by Crippen LogP contribution is -2.31. The monoisotopic (exact) mass is 347 g/mol. The molecule has 0 bridgehead atoms. The second-order valence-electron chi connectivity index (χ2n) is 6.42. The van der Waals surface area contributed by atoms with Crippen molar-refractivity contribution >= 4 is 11.8 Å². The molecule has 0 atom stereocenters. The van der Waals surface area contributed by atoms with Gasteiger partial charge in [0, 0.05) is 31.6 Å². The van der Waals surface area contributed by atoms with Crippen LogP contribution in [0, 0.1) is 11.3 Å². The highest BCUT2D eigenvalue weighted by molar-refractivity contribution is 5.94. The van der Waals surface area contributed by atoms with Gasteiger partial charge in [0.25, 0.3) is 5.91 Å². The molecule has 1 saturated heterocycles. The maximum atomic E-state index is 12.9. The number of rotatable bonds is 6. The highest BCUT2D eigenvalue weighted by Gasteiger charge is 2.21. The Labute approximate surface area is 153 Å². The first-order chi connectivity index (χ1) is 12.7. The van der Waals surface area contributed by atoms with Crippen LogP contribution in [0.25, 0.3) is 0 Å². The summed E-state index contributed by atoms with van der Waals surface area (Å²) in [5.74, 6) is -0.0121. The first-order valence-corrected chi connectivity index (χ1v) is 8.74. The van der Waals surface area contributed by atoms with Crippen molar-refractivity contribution in [3.63, 3.8) is 0 Å². The lowest BCUT2D eigenvalue weighted by Gasteiger charge is -2.21. The maximum Gasteiger partial charge on any atom is 0.255 e. The van der Waals surface area contributed by atoms with E-state index >= 15 is 0 Å². The smallest absolute Gasteiger partial charge is 0.255 e. The van der Waals surface area contributed by atoms with Gasteiger partial charge in [-0.2, -0.15) is 5.26 Å². The van der Waals surface area contributed by atoms with Crippen LogP contribution in [-0.4, -0.2) is 34.7 Å². The van der Waals surface area contributed by atoms with Gasteiger partial charge in [-0.05, 0) is 29.7 Å². The predicted molar refractivity (Wildman–Crippen MR) is 97.9 cm³/mol. The Kier molecular flexibility index (Phi) is 5.65. The molecule has 5 heteroatoms. The first-order valence-electron chi connectivity index (χ1n) is 8.74. The predicted octanol–water partition coefficient (Wildman–Crippen LogP) is 2.97. The molecule has 0 saturated carbocycles. The van der Waals surface area contributed by atoms with Crippen molar-refractivity contribution in [1.29, 1.82) is 5.26 Å². The van der Waals surface area contributed by atoms with E-state index in [0.717, 1.165) is 24.1 Å². The molecule has 132 valence electrons. The van der Waals surface area contributed by atoms with E-state index < -0.39 is 0 Å². The fourth-order valence-electron chi connectivity index (χ4n) is 3.17. The van der Waals surface area contributed by atoms with Gasteiger partial charge in [-0.15, -0.1) is 0 Å². The summed E-state index contributed by atoms with van der Waals surface area (Å²) in [6, 6.07) is 19.0. The van der Waals surface area contributed by atoms with Gasteiger partial charge in [0.2, 0.25) is 5.91 Å². The minimum atomic E-state index is -0.176. The molecule has 3 rings (SSSR count). The van der Waals surface area contributed by atoms with Crippen molar-refractivity contribution < 1.29 is 9.59 Å². The minimum absolute atomic E-state index is 0.0303. The second kappa shape index (κ2) is 8.30. The van der Waals surface area contributed by atoms with E-state index in [4.69, 9.17) is 5.26 Å². The molecule has 1 aliphatic rings. The number of hydrogen-bond donors (Lipinski definition) is 0. The highest BCUT2D eigenvalue weighted by atomic mass is 16.2. The van der Waals surface area contributed by atoms with Gasteiger partial charge in [0.05, 0.1) is 6.07 Å². The number of carbonyl (C=O) groups is 2.